The van der Waals surface area contributed by atoms with E-state index in [1.165, 1.54) is 6.07 Å². The Hall–Kier alpha value is -1.25. The van der Waals surface area contributed by atoms with Crippen LogP contribution in [-0.4, -0.2) is 5.78 Å². The summed E-state index contributed by atoms with van der Waals surface area (Å²) in [7, 11) is 0. The minimum Gasteiger partial charge on any atom is -0.294 e. The summed E-state index contributed by atoms with van der Waals surface area (Å²) in [4.78, 5) is 11.4. The Morgan fingerprint density at radius 1 is 1.36 bits per heavy atom. The van der Waals surface area contributed by atoms with E-state index < -0.39 is 11.6 Å². The van der Waals surface area contributed by atoms with E-state index in [0.29, 0.717) is 18.4 Å². The maximum Gasteiger partial charge on any atom is 0.163 e. The second-order valence-corrected chi connectivity index (χ2v) is 3.69. The number of hydrogen-bond acceptors (Lipinski definition) is 1. The fraction of sp³-hybridized carbons (Fsp3) is 0.364. The van der Waals surface area contributed by atoms with Gasteiger partial charge in [0, 0.05) is 17.5 Å². The van der Waals surface area contributed by atoms with E-state index in [9.17, 15) is 13.6 Å². The van der Waals surface area contributed by atoms with Crippen LogP contribution in [-0.2, 0) is 0 Å². The van der Waals surface area contributed by atoms with Crippen molar-refractivity contribution in [3.8, 4) is 0 Å². The Morgan fingerprint density at radius 2 is 2.07 bits per heavy atom. The predicted molar refractivity (Wildman–Crippen MR) is 48.3 cm³/mol. The molecule has 2 rings (SSSR count). The first-order valence-corrected chi connectivity index (χ1v) is 4.62. The monoisotopic (exact) mass is 196 g/mol. The molecule has 0 fully saturated rings. The van der Waals surface area contributed by atoms with Gasteiger partial charge in [-0.1, -0.05) is 6.92 Å². The molecule has 0 heterocycles. The summed E-state index contributed by atoms with van der Waals surface area (Å²) in [6.45, 7) is 1.81. The standard InChI is InChI=1S/C11H10F2O/c1-6-2-5-9(14)7-3-4-8(12)11(13)10(6)7/h3-4,6H,2,5H2,1H3. The van der Waals surface area contributed by atoms with Crippen LogP contribution in [0.3, 0.4) is 0 Å². The zero-order chi connectivity index (χ0) is 10.3. The molecule has 0 amide bonds. The van der Waals surface area contributed by atoms with E-state index in [0.717, 1.165) is 6.07 Å². The lowest BCUT2D eigenvalue weighted by Gasteiger charge is -2.21. The highest BCUT2D eigenvalue weighted by molar-refractivity contribution is 5.98. The fourth-order valence-electron chi connectivity index (χ4n) is 1.92. The van der Waals surface area contributed by atoms with Crippen LogP contribution < -0.4 is 0 Å². The van der Waals surface area contributed by atoms with Crippen molar-refractivity contribution >= 4 is 5.78 Å². The topological polar surface area (TPSA) is 17.1 Å². The van der Waals surface area contributed by atoms with Crippen molar-refractivity contribution in [2.75, 3.05) is 0 Å². The molecule has 1 aliphatic carbocycles. The quantitative estimate of drug-likeness (QED) is 0.623. The first-order valence-electron chi connectivity index (χ1n) is 4.62. The summed E-state index contributed by atoms with van der Waals surface area (Å²) in [5.41, 5.74) is 0.601. The van der Waals surface area contributed by atoms with Crippen LogP contribution in [0.15, 0.2) is 12.1 Å². The SMILES string of the molecule is CC1CCC(=O)c2ccc(F)c(F)c21. The number of Topliss-reactive ketones (excluding diaryl/α,β-unsaturated/α-hetero) is 1. The number of ketones is 1. The summed E-state index contributed by atoms with van der Waals surface area (Å²) in [5, 5.41) is 0. The minimum absolute atomic E-state index is 0.0709. The Balaban J connectivity index is 2.67. The van der Waals surface area contributed by atoms with E-state index in [2.05, 4.69) is 0 Å². The van der Waals surface area contributed by atoms with Gasteiger partial charge in [-0.25, -0.2) is 8.78 Å². The maximum atomic E-state index is 13.4. The van der Waals surface area contributed by atoms with Crippen molar-refractivity contribution in [1.29, 1.82) is 0 Å². The van der Waals surface area contributed by atoms with Gasteiger partial charge in [-0.05, 0) is 24.5 Å². The van der Waals surface area contributed by atoms with Crippen molar-refractivity contribution in [2.24, 2.45) is 0 Å². The summed E-state index contributed by atoms with van der Waals surface area (Å²) >= 11 is 0. The molecule has 0 saturated heterocycles. The third kappa shape index (κ3) is 1.24. The molecule has 74 valence electrons. The van der Waals surface area contributed by atoms with Crippen molar-refractivity contribution in [1.82, 2.24) is 0 Å². The van der Waals surface area contributed by atoms with Crippen molar-refractivity contribution in [3.63, 3.8) is 0 Å². The van der Waals surface area contributed by atoms with Gasteiger partial charge in [0.05, 0.1) is 0 Å². The average molecular weight is 196 g/mol. The third-order valence-electron chi connectivity index (χ3n) is 2.73. The van der Waals surface area contributed by atoms with Gasteiger partial charge in [0.25, 0.3) is 0 Å². The third-order valence-corrected chi connectivity index (χ3v) is 2.73. The Labute approximate surface area is 80.7 Å². The van der Waals surface area contributed by atoms with Crippen LogP contribution >= 0.6 is 0 Å². The van der Waals surface area contributed by atoms with Crippen molar-refractivity contribution < 1.29 is 13.6 Å². The molecule has 0 N–H and O–H groups in total. The van der Waals surface area contributed by atoms with E-state index in [4.69, 9.17) is 0 Å². The van der Waals surface area contributed by atoms with E-state index in [-0.39, 0.29) is 17.3 Å². The number of rotatable bonds is 0. The molecule has 3 heteroatoms. The number of benzene rings is 1. The normalized spacial score (nSPS) is 20.8. The minimum atomic E-state index is -0.870. The molecule has 0 aromatic heterocycles. The molecule has 1 aromatic rings. The Morgan fingerprint density at radius 3 is 2.79 bits per heavy atom. The van der Waals surface area contributed by atoms with Gasteiger partial charge in [0.1, 0.15) is 0 Å². The van der Waals surface area contributed by atoms with Crippen molar-refractivity contribution in [3.05, 3.63) is 34.9 Å². The highest BCUT2D eigenvalue weighted by atomic mass is 19.2. The molecular formula is C11H10F2O. The number of halogens is 2. The molecule has 0 spiro atoms. The van der Waals surface area contributed by atoms with Gasteiger partial charge >= 0.3 is 0 Å². The lowest BCUT2D eigenvalue weighted by molar-refractivity contribution is 0.0966. The molecule has 0 aliphatic heterocycles. The van der Waals surface area contributed by atoms with Gasteiger partial charge in [-0.15, -0.1) is 0 Å². The molecule has 0 bridgehead atoms. The molecule has 1 aliphatic rings. The van der Waals surface area contributed by atoms with Crippen LogP contribution in [0.4, 0.5) is 8.78 Å². The lowest BCUT2D eigenvalue weighted by atomic mass is 9.83. The summed E-state index contributed by atoms with van der Waals surface area (Å²) in [5.74, 6) is -1.89. The average Bonchev–Trinajstić information content (AvgIpc) is 2.16. The zero-order valence-corrected chi connectivity index (χ0v) is 7.81. The van der Waals surface area contributed by atoms with E-state index in [1.807, 2.05) is 6.92 Å². The van der Waals surface area contributed by atoms with Crippen LogP contribution in [0, 0.1) is 11.6 Å². The van der Waals surface area contributed by atoms with Crippen LogP contribution in [0.1, 0.15) is 41.6 Å². The highest BCUT2D eigenvalue weighted by Crippen LogP contribution is 2.33. The molecule has 0 radical (unpaired) electrons. The van der Waals surface area contributed by atoms with Gasteiger partial charge < -0.3 is 0 Å². The van der Waals surface area contributed by atoms with Gasteiger partial charge in [-0.2, -0.15) is 0 Å². The second kappa shape index (κ2) is 3.15. The van der Waals surface area contributed by atoms with Gasteiger partial charge in [0.15, 0.2) is 17.4 Å². The largest absolute Gasteiger partial charge is 0.294 e. The first-order chi connectivity index (χ1) is 6.61. The van der Waals surface area contributed by atoms with Crippen LogP contribution in [0.25, 0.3) is 0 Å². The first kappa shape index (κ1) is 9.31. The van der Waals surface area contributed by atoms with E-state index >= 15 is 0 Å². The Bertz CT molecular complexity index is 399. The number of fused-ring (bicyclic) bond motifs is 1. The molecule has 1 aromatic carbocycles. The van der Waals surface area contributed by atoms with Crippen LogP contribution in [0.5, 0.6) is 0 Å². The highest BCUT2D eigenvalue weighted by Gasteiger charge is 2.27. The summed E-state index contributed by atoms with van der Waals surface area (Å²) in [6.07, 6.45) is 1.03. The summed E-state index contributed by atoms with van der Waals surface area (Å²) in [6, 6.07) is 2.40. The Kier molecular flexibility index (Phi) is 2.10. The zero-order valence-electron chi connectivity index (χ0n) is 7.81. The van der Waals surface area contributed by atoms with Gasteiger partial charge in [-0.3, -0.25) is 4.79 Å². The second-order valence-electron chi connectivity index (χ2n) is 3.69. The number of hydrogen-bond donors (Lipinski definition) is 0. The van der Waals surface area contributed by atoms with Gasteiger partial charge in [0.2, 0.25) is 0 Å². The molecule has 1 unspecified atom stereocenters. The fourth-order valence-corrected chi connectivity index (χ4v) is 1.92. The maximum absolute atomic E-state index is 13.4. The molecule has 0 saturated carbocycles. The van der Waals surface area contributed by atoms with E-state index in [1.54, 1.807) is 0 Å². The predicted octanol–water partition coefficient (Wildman–Crippen LogP) is 3.04. The van der Waals surface area contributed by atoms with Crippen LogP contribution in [0.2, 0.25) is 0 Å². The molecule has 14 heavy (non-hydrogen) atoms. The van der Waals surface area contributed by atoms with Crippen molar-refractivity contribution in [2.45, 2.75) is 25.7 Å². The molecular weight excluding hydrogens is 186 g/mol. The molecule has 1 atom stereocenters. The summed E-state index contributed by atoms with van der Waals surface area (Å²) < 4.78 is 26.3. The number of carbonyl (C=O) groups is 1. The molecule has 1 nitrogen and oxygen atoms in total. The number of carbonyl (C=O) groups excluding carboxylic acids is 1. The lowest BCUT2D eigenvalue weighted by Crippen LogP contribution is -2.16. The smallest absolute Gasteiger partial charge is 0.163 e.